The Balaban J connectivity index is 0.000000232. The number of aliphatic hydroxyl groups excluding tert-OH is 1. The Morgan fingerprint density at radius 3 is 1.38 bits per heavy atom. The van der Waals surface area contributed by atoms with Crippen LogP contribution in [0.3, 0.4) is 0 Å². The van der Waals surface area contributed by atoms with Crippen molar-refractivity contribution in [2.45, 2.75) is 222 Å². The van der Waals surface area contributed by atoms with Crippen molar-refractivity contribution in [1.29, 1.82) is 0 Å². The van der Waals surface area contributed by atoms with Crippen molar-refractivity contribution in [3.8, 4) is 0 Å². The van der Waals surface area contributed by atoms with Crippen LogP contribution in [0.15, 0.2) is 92.2 Å². The lowest BCUT2D eigenvalue weighted by atomic mass is 9.84. The summed E-state index contributed by atoms with van der Waals surface area (Å²) in [6, 6.07) is 18.6. The summed E-state index contributed by atoms with van der Waals surface area (Å²) in [5.74, 6) is 0. The van der Waals surface area contributed by atoms with E-state index in [0.29, 0.717) is 30.4 Å². The molecular formula is C55H79F3N4O14SSi2. The summed E-state index contributed by atoms with van der Waals surface area (Å²) in [6.07, 6.45) is -2.31. The molecule has 0 spiro atoms. The molecule has 0 radical (unpaired) electrons. The highest BCUT2D eigenvalue weighted by Gasteiger charge is 2.75. The summed E-state index contributed by atoms with van der Waals surface area (Å²) in [7, 11) is -10.9. The van der Waals surface area contributed by atoms with E-state index in [4.69, 9.17) is 32.0 Å². The predicted octanol–water partition coefficient (Wildman–Crippen LogP) is 8.92. The van der Waals surface area contributed by atoms with Crippen molar-refractivity contribution in [1.82, 2.24) is 19.1 Å². The number of aromatic amines is 2. The zero-order valence-electron chi connectivity index (χ0n) is 47.7. The lowest BCUT2D eigenvalue weighted by Crippen LogP contribution is -2.60. The smallest absolute Gasteiger partial charge is 0.408 e. The highest BCUT2D eigenvalue weighted by atomic mass is 32.2. The third-order valence-electron chi connectivity index (χ3n) is 17.2. The fraction of sp³-hybridized carbons (Fsp3) is 0.636. The molecule has 4 heterocycles. The van der Waals surface area contributed by atoms with E-state index in [9.17, 15) is 45.9 Å². The Labute approximate surface area is 461 Å². The molecule has 8 atom stereocenters. The zero-order chi connectivity index (χ0) is 58.7. The molecule has 79 heavy (non-hydrogen) atoms. The zero-order valence-corrected chi connectivity index (χ0v) is 50.6. The maximum absolute atomic E-state index is 13.7. The van der Waals surface area contributed by atoms with Crippen LogP contribution >= 0.6 is 0 Å². The maximum atomic E-state index is 13.7. The van der Waals surface area contributed by atoms with Crippen LogP contribution in [0, 0.1) is 13.8 Å². The van der Waals surface area contributed by atoms with Gasteiger partial charge in [-0.25, -0.2) is 9.59 Å². The first-order valence-electron chi connectivity index (χ1n) is 26.9. The van der Waals surface area contributed by atoms with Gasteiger partial charge in [-0.3, -0.25) is 32.9 Å². The molecule has 4 aliphatic rings. The van der Waals surface area contributed by atoms with Gasteiger partial charge in [0, 0.05) is 23.5 Å². The number of hydrogen-bond donors (Lipinski definition) is 3. The summed E-state index contributed by atoms with van der Waals surface area (Å²) < 4.78 is 113. The summed E-state index contributed by atoms with van der Waals surface area (Å²) in [5.41, 5.74) is -10.7. The van der Waals surface area contributed by atoms with E-state index < -0.39 is 114 Å². The fourth-order valence-electron chi connectivity index (χ4n) is 10.5. The molecule has 2 aliphatic heterocycles. The molecule has 2 unspecified atom stereocenters. The number of aryl methyl sites for hydroxylation is 2. The van der Waals surface area contributed by atoms with Gasteiger partial charge in [0.15, 0.2) is 35.2 Å². The predicted molar refractivity (Wildman–Crippen MR) is 295 cm³/mol. The van der Waals surface area contributed by atoms with Crippen molar-refractivity contribution >= 4 is 26.8 Å². The molecule has 2 aliphatic carbocycles. The van der Waals surface area contributed by atoms with Crippen LogP contribution in [-0.4, -0.2) is 102 Å². The van der Waals surface area contributed by atoms with Gasteiger partial charge in [0.1, 0.15) is 29.5 Å². The number of aliphatic hydroxyl groups is 1. The molecule has 3 N–H and O–H groups in total. The number of hydrogen-bond acceptors (Lipinski definition) is 14. The molecule has 18 nitrogen and oxygen atoms in total. The van der Waals surface area contributed by atoms with Gasteiger partial charge in [0.25, 0.3) is 11.1 Å². The average Bonchev–Trinajstić information content (AvgIpc) is 3.96. The normalized spacial score (nSPS) is 26.9. The van der Waals surface area contributed by atoms with E-state index in [1.165, 1.54) is 17.7 Å². The first kappa shape index (κ1) is 62.3. The Hall–Kier alpha value is -4.35. The number of nitrogens with zero attached hydrogens (tertiary/aromatic N) is 2. The van der Waals surface area contributed by atoms with Gasteiger partial charge in [-0.1, -0.05) is 116 Å². The van der Waals surface area contributed by atoms with Gasteiger partial charge in [-0.2, -0.15) is 21.6 Å². The van der Waals surface area contributed by atoms with Crippen LogP contribution in [-0.2, 0) is 55.3 Å². The van der Waals surface area contributed by atoms with Crippen LogP contribution in [0.5, 0.6) is 0 Å². The molecule has 4 aromatic rings. The topological polar surface area (TPSA) is 229 Å². The van der Waals surface area contributed by atoms with E-state index >= 15 is 0 Å². The molecule has 2 aromatic carbocycles. The second-order valence-electron chi connectivity index (χ2n) is 24.6. The van der Waals surface area contributed by atoms with E-state index in [-0.39, 0.29) is 35.3 Å². The van der Waals surface area contributed by atoms with E-state index in [0.717, 1.165) is 29.2 Å². The van der Waals surface area contributed by atoms with Crippen LogP contribution in [0.2, 0.25) is 36.3 Å². The quantitative estimate of drug-likeness (QED) is 0.0480. The Kier molecular flexibility index (Phi) is 17.4. The maximum Gasteiger partial charge on any atom is 0.523 e. The van der Waals surface area contributed by atoms with Crippen molar-refractivity contribution in [2.24, 2.45) is 0 Å². The van der Waals surface area contributed by atoms with E-state index in [1.807, 2.05) is 71.1 Å². The number of H-pyrrole nitrogens is 2. The Morgan fingerprint density at radius 2 is 1.01 bits per heavy atom. The molecule has 2 aromatic heterocycles. The highest BCUT2D eigenvalue weighted by molar-refractivity contribution is 7.87. The van der Waals surface area contributed by atoms with Crippen molar-refractivity contribution in [3.05, 3.63) is 137 Å². The van der Waals surface area contributed by atoms with Crippen LogP contribution in [0.1, 0.15) is 129 Å². The minimum absolute atomic E-state index is 0.0124. The Bertz CT molecular complexity index is 3170. The SMILES string of the molecule is CC[C@@]1(C2(O[Si](C)(C)C(C)(C)C)CC2)O[C@@H](n2cc(C)c(=O)[nH]c2=O)[C@@H](O)C1OCc1ccccc1.CC[C@@]1(C2(O[Si](C)(C)C(C)(C)C)CC2)O[C@@H](n2cc(C)c(=O)[nH]c2=O)[C@@H](OS(=O)(=O)C(F)(F)F)C1OCc1ccccc1. The number of rotatable bonds is 18. The largest absolute Gasteiger partial charge is 0.523 e. The lowest BCUT2D eigenvalue weighted by Gasteiger charge is -2.47. The molecule has 2 saturated heterocycles. The molecule has 2 saturated carbocycles. The Morgan fingerprint density at radius 1 is 0.646 bits per heavy atom. The summed E-state index contributed by atoms with van der Waals surface area (Å²) >= 11 is 0. The standard InChI is InChI=1S/C28H39F3N2O8SSi.C27H40N2O6Si/c1-8-27(26(14-15-26)41-43(6,7)25(3,4)5)21(38-17-19-12-10-9-11-13-19)20(40-42(36,37)28(29,30)31)23(39-27)33-16-18(2)22(34)32-24(33)35;1-8-27(26(14-15-26)35-36(6,7)25(3,4)5)21(33-17-19-12-10-9-11-13-19)20(30)23(34-27)29-16-18(2)22(31)28-24(29)32/h9-13,16,20-21,23H,8,14-15,17H2,1-7H3,(H,32,34,35);9-13,16,20-21,23,30H,8,14-15,17H2,1-7H3,(H,28,31,32)/t2*20-,21?,23+,27+/m00/s1. The van der Waals surface area contributed by atoms with Crippen molar-refractivity contribution in [2.75, 3.05) is 0 Å². The molecule has 8 rings (SSSR count). The summed E-state index contributed by atoms with van der Waals surface area (Å²) in [6.45, 7) is 28.2. The lowest BCUT2D eigenvalue weighted by molar-refractivity contribution is -0.185. The average molecular weight is 1170 g/mol. The van der Waals surface area contributed by atoms with Crippen molar-refractivity contribution in [3.63, 3.8) is 0 Å². The number of halogens is 3. The van der Waals surface area contributed by atoms with Gasteiger partial charge in [-0.05, 0) is 99.8 Å². The number of benzene rings is 2. The van der Waals surface area contributed by atoms with Gasteiger partial charge >= 0.3 is 27.0 Å². The molecular weight excluding hydrogens is 1090 g/mol. The first-order chi connectivity index (χ1) is 36.5. The molecule has 438 valence electrons. The first-order valence-corrected chi connectivity index (χ1v) is 34.1. The minimum atomic E-state index is -6.19. The molecule has 24 heteroatoms. The van der Waals surface area contributed by atoms with Gasteiger partial charge < -0.3 is 32.9 Å². The molecule has 4 fully saturated rings. The third kappa shape index (κ3) is 12.0. The van der Waals surface area contributed by atoms with Crippen LogP contribution in [0.25, 0.3) is 0 Å². The van der Waals surface area contributed by atoms with Crippen LogP contribution in [0.4, 0.5) is 13.2 Å². The van der Waals surface area contributed by atoms with E-state index in [2.05, 4.69) is 43.8 Å². The van der Waals surface area contributed by atoms with Gasteiger partial charge in [0.2, 0.25) is 0 Å². The second kappa shape index (κ2) is 22.1. The molecule has 0 amide bonds. The van der Waals surface area contributed by atoms with Gasteiger partial charge in [0.05, 0.1) is 24.4 Å². The summed E-state index contributed by atoms with van der Waals surface area (Å²) in [4.78, 5) is 54.4. The monoisotopic (exact) mass is 1160 g/mol. The third-order valence-corrected chi connectivity index (χ3v) is 27.3. The number of ether oxygens (including phenoxy) is 4. The molecule has 0 bridgehead atoms. The summed E-state index contributed by atoms with van der Waals surface area (Å²) in [5, 5.41) is 11.4. The number of aromatic nitrogens is 4. The second-order valence-corrected chi connectivity index (χ2v) is 35.6. The highest BCUT2D eigenvalue weighted by Crippen LogP contribution is 2.63. The van der Waals surface area contributed by atoms with Crippen LogP contribution < -0.4 is 22.5 Å². The van der Waals surface area contributed by atoms with E-state index in [1.54, 1.807) is 44.2 Å². The number of nitrogens with one attached hydrogen (secondary N) is 2. The van der Waals surface area contributed by atoms with Crippen molar-refractivity contribution < 1.29 is 58.7 Å². The van der Waals surface area contributed by atoms with Gasteiger partial charge in [-0.15, -0.1) is 0 Å². The minimum Gasteiger partial charge on any atom is -0.408 e. The fourth-order valence-corrected chi connectivity index (χ4v) is 14.4. The number of alkyl halides is 3.